The number of carbonyl (C=O) groups is 2. The van der Waals surface area contributed by atoms with Gasteiger partial charge in [0.15, 0.2) is 0 Å². The molecule has 0 spiro atoms. The Balaban J connectivity index is 1.77. The van der Waals surface area contributed by atoms with Crippen LogP contribution in [0.15, 0.2) is 24.3 Å². The number of rotatable bonds is 4. The Hall–Kier alpha value is -1.55. The quantitative estimate of drug-likeness (QED) is 0.799. The van der Waals surface area contributed by atoms with Gasteiger partial charge in [-0.2, -0.15) is 0 Å². The molecule has 1 aliphatic rings. The Morgan fingerprint density at radius 3 is 2.36 bits per heavy atom. The van der Waals surface area contributed by atoms with Crippen molar-refractivity contribution < 1.29 is 14.3 Å². The Morgan fingerprint density at radius 2 is 1.82 bits per heavy atom. The number of benzene rings is 1. The largest absolute Gasteiger partial charge is 0.461 e. The van der Waals surface area contributed by atoms with Crippen LogP contribution < -0.4 is 0 Å². The van der Waals surface area contributed by atoms with Gasteiger partial charge in [0, 0.05) is 24.0 Å². The monoisotopic (exact) mass is 323 g/mol. The second-order valence-electron chi connectivity index (χ2n) is 5.99. The van der Waals surface area contributed by atoms with Gasteiger partial charge in [-0.1, -0.05) is 37.6 Å². The number of amides is 1. The Labute approximate surface area is 136 Å². The number of halogens is 1. The molecule has 0 atom stereocenters. The molecular weight excluding hydrogens is 302 g/mol. The second kappa shape index (κ2) is 7.63. The molecule has 120 valence electrons. The zero-order valence-corrected chi connectivity index (χ0v) is 13.8. The number of piperidine rings is 1. The molecule has 0 unspecified atom stereocenters. The highest BCUT2D eigenvalue weighted by Gasteiger charge is 2.29. The van der Waals surface area contributed by atoms with Crippen molar-refractivity contribution in [1.82, 2.24) is 4.90 Å². The molecule has 0 radical (unpaired) electrons. The summed E-state index contributed by atoms with van der Waals surface area (Å²) >= 11 is 5.82. The highest BCUT2D eigenvalue weighted by molar-refractivity contribution is 6.30. The molecule has 1 heterocycles. The Kier molecular flexibility index (Phi) is 5.83. The summed E-state index contributed by atoms with van der Waals surface area (Å²) in [5, 5.41) is 0.664. The number of esters is 1. The molecule has 1 amide bonds. The molecule has 0 aromatic heterocycles. The summed E-state index contributed by atoms with van der Waals surface area (Å²) in [6, 6.07) is 7.25. The molecule has 1 aromatic rings. The molecular formula is C17H22ClNO3. The van der Waals surface area contributed by atoms with Gasteiger partial charge >= 0.3 is 5.97 Å². The molecule has 1 aromatic carbocycles. The summed E-state index contributed by atoms with van der Waals surface area (Å²) in [7, 11) is 0. The molecule has 0 N–H and O–H groups in total. The first kappa shape index (κ1) is 16.8. The fraction of sp³-hybridized carbons (Fsp3) is 0.529. The predicted molar refractivity (Wildman–Crippen MR) is 85.4 cm³/mol. The highest BCUT2D eigenvalue weighted by atomic mass is 35.5. The molecule has 1 saturated heterocycles. The molecule has 5 heteroatoms. The first-order chi connectivity index (χ1) is 10.5. The van der Waals surface area contributed by atoms with Crippen molar-refractivity contribution in [2.75, 3.05) is 13.1 Å². The zero-order chi connectivity index (χ0) is 16.1. The molecule has 0 aliphatic carbocycles. The third-order valence-corrected chi connectivity index (χ3v) is 4.18. The summed E-state index contributed by atoms with van der Waals surface area (Å²) in [5.74, 6) is -0.114. The topological polar surface area (TPSA) is 46.6 Å². The van der Waals surface area contributed by atoms with E-state index in [2.05, 4.69) is 0 Å². The lowest BCUT2D eigenvalue weighted by molar-refractivity contribution is -0.153. The maximum Gasteiger partial charge on any atom is 0.309 e. The van der Waals surface area contributed by atoms with E-state index in [1.807, 2.05) is 30.9 Å². The smallest absolute Gasteiger partial charge is 0.309 e. The van der Waals surface area contributed by atoms with Crippen LogP contribution in [0, 0.1) is 11.8 Å². The number of hydrogen-bond donors (Lipinski definition) is 0. The van der Waals surface area contributed by atoms with E-state index in [1.54, 1.807) is 12.1 Å². The molecule has 22 heavy (non-hydrogen) atoms. The third kappa shape index (κ3) is 4.47. The highest BCUT2D eigenvalue weighted by Crippen LogP contribution is 2.21. The summed E-state index contributed by atoms with van der Waals surface area (Å²) in [4.78, 5) is 25.8. The van der Waals surface area contributed by atoms with Gasteiger partial charge in [0.25, 0.3) is 0 Å². The van der Waals surface area contributed by atoms with E-state index < -0.39 is 0 Å². The van der Waals surface area contributed by atoms with Crippen molar-refractivity contribution in [3.63, 3.8) is 0 Å². The number of nitrogens with zero attached hydrogens (tertiary/aromatic N) is 1. The van der Waals surface area contributed by atoms with Gasteiger partial charge in [-0.05, 0) is 30.5 Å². The van der Waals surface area contributed by atoms with Crippen LogP contribution in [0.25, 0.3) is 0 Å². The van der Waals surface area contributed by atoms with Gasteiger partial charge in [-0.15, -0.1) is 0 Å². The van der Waals surface area contributed by atoms with Crippen LogP contribution in [-0.4, -0.2) is 29.9 Å². The standard InChI is InChI=1S/C17H22ClNO3/c1-12(2)16(20)19-9-7-14(8-10-19)17(21)22-11-13-3-5-15(18)6-4-13/h3-6,12,14H,7-11H2,1-2H3. The van der Waals surface area contributed by atoms with Gasteiger partial charge in [0.05, 0.1) is 5.92 Å². The minimum absolute atomic E-state index is 0.00778. The zero-order valence-electron chi connectivity index (χ0n) is 13.0. The maximum absolute atomic E-state index is 12.1. The van der Waals surface area contributed by atoms with Crippen LogP contribution in [0.2, 0.25) is 5.02 Å². The Bertz CT molecular complexity index is 519. The van der Waals surface area contributed by atoms with Crippen molar-refractivity contribution in [1.29, 1.82) is 0 Å². The van der Waals surface area contributed by atoms with E-state index in [9.17, 15) is 9.59 Å². The van der Waals surface area contributed by atoms with Gasteiger partial charge in [-0.3, -0.25) is 9.59 Å². The molecule has 2 rings (SSSR count). The molecule has 0 saturated carbocycles. The van der Waals surface area contributed by atoms with Crippen LogP contribution in [0.3, 0.4) is 0 Å². The number of ether oxygens (including phenoxy) is 1. The average Bonchev–Trinajstić information content (AvgIpc) is 2.53. The van der Waals surface area contributed by atoms with Crippen LogP contribution >= 0.6 is 11.6 Å². The van der Waals surface area contributed by atoms with E-state index in [1.165, 1.54) is 0 Å². The van der Waals surface area contributed by atoms with Crippen LogP contribution in [0.1, 0.15) is 32.3 Å². The summed E-state index contributed by atoms with van der Waals surface area (Å²) in [6.45, 7) is 5.33. The summed E-state index contributed by atoms with van der Waals surface area (Å²) in [6.07, 6.45) is 1.36. The molecule has 4 nitrogen and oxygen atoms in total. The minimum Gasteiger partial charge on any atom is -0.461 e. The lowest BCUT2D eigenvalue weighted by atomic mass is 9.96. The van der Waals surface area contributed by atoms with Crippen molar-refractivity contribution in [3.8, 4) is 0 Å². The average molecular weight is 324 g/mol. The summed E-state index contributed by atoms with van der Waals surface area (Å²) in [5.41, 5.74) is 0.921. The van der Waals surface area contributed by atoms with Crippen LogP contribution in [0.4, 0.5) is 0 Å². The maximum atomic E-state index is 12.1. The number of likely N-dealkylation sites (tertiary alicyclic amines) is 1. The van der Waals surface area contributed by atoms with E-state index in [-0.39, 0.29) is 30.3 Å². The second-order valence-corrected chi connectivity index (χ2v) is 6.42. The van der Waals surface area contributed by atoms with E-state index >= 15 is 0 Å². The predicted octanol–water partition coefficient (Wildman–Crippen LogP) is 3.28. The normalized spacial score (nSPS) is 15.9. The number of hydrogen-bond acceptors (Lipinski definition) is 3. The van der Waals surface area contributed by atoms with Gasteiger partial charge in [-0.25, -0.2) is 0 Å². The molecule has 1 fully saturated rings. The van der Waals surface area contributed by atoms with E-state index in [0.29, 0.717) is 31.0 Å². The SMILES string of the molecule is CC(C)C(=O)N1CCC(C(=O)OCc2ccc(Cl)cc2)CC1. The van der Waals surface area contributed by atoms with Gasteiger partial charge in [0.2, 0.25) is 5.91 Å². The van der Waals surface area contributed by atoms with Crippen LogP contribution in [-0.2, 0) is 20.9 Å². The lowest BCUT2D eigenvalue weighted by Gasteiger charge is -2.32. The number of carbonyl (C=O) groups excluding carboxylic acids is 2. The fourth-order valence-corrected chi connectivity index (χ4v) is 2.68. The van der Waals surface area contributed by atoms with E-state index in [0.717, 1.165) is 5.56 Å². The van der Waals surface area contributed by atoms with Crippen molar-refractivity contribution in [2.24, 2.45) is 11.8 Å². The lowest BCUT2D eigenvalue weighted by Crippen LogP contribution is -2.42. The minimum atomic E-state index is -0.174. The third-order valence-electron chi connectivity index (χ3n) is 3.93. The van der Waals surface area contributed by atoms with Crippen molar-refractivity contribution in [2.45, 2.75) is 33.3 Å². The Morgan fingerprint density at radius 1 is 1.23 bits per heavy atom. The molecule has 1 aliphatic heterocycles. The van der Waals surface area contributed by atoms with Gasteiger partial charge in [0.1, 0.15) is 6.61 Å². The van der Waals surface area contributed by atoms with E-state index in [4.69, 9.17) is 16.3 Å². The first-order valence-electron chi connectivity index (χ1n) is 7.67. The molecule has 0 bridgehead atoms. The first-order valence-corrected chi connectivity index (χ1v) is 8.05. The fourth-order valence-electron chi connectivity index (χ4n) is 2.55. The summed E-state index contributed by atoms with van der Waals surface area (Å²) < 4.78 is 5.37. The van der Waals surface area contributed by atoms with Crippen molar-refractivity contribution >= 4 is 23.5 Å². The van der Waals surface area contributed by atoms with Crippen LogP contribution in [0.5, 0.6) is 0 Å². The van der Waals surface area contributed by atoms with Gasteiger partial charge < -0.3 is 9.64 Å². The van der Waals surface area contributed by atoms with Crippen molar-refractivity contribution in [3.05, 3.63) is 34.9 Å².